The van der Waals surface area contributed by atoms with Crippen molar-refractivity contribution in [3.63, 3.8) is 0 Å². The van der Waals surface area contributed by atoms with E-state index in [-0.39, 0.29) is 0 Å². The van der Waals surface area contributed by atoms with Gasteiger partial charge in [-0.15, -0.1) is 0 Å². The SMILES string of the molecule is CCOC1CC(CC(O)c2cc(OC)c(Br)cc2OC)C1. The number of halogens is 1. The summed E-state index contributed by atoms with van der Waals surface area (Å²) in [4.78, 5) is 0. The van der Waals surface area contributed by atoms with Crippen LogP contribution in [-0.2, 0) is 4.74 Å². The van der Waals surface area contributed by atoms with E-state index in [9.17, 15) is 5.11 Å². The van der Waals surface area contributed by atoms with Crippen molar-refractivity contribution in [2.75, 3.05) is 20.8 Å². The summed E-state index contributed by atoms with van der Waals surface area (Å²) in [5, 5.41) is 10.5. The summed E-state index contributed by atoms with van der Waals surface area (Å²) in [5.74, 6) is 1.89. The van der Waals surface area contributed by atoms with Gasteiger partial charge < -0.3 is 19.3 Å². The zero-order valence-corrected chi connectivity index (χ0v) is 14.4. The summed E-state index contributed by atoms with van der Waals surface area (Å²) < 4.78 is 17.0. The van der Waals surface area contributed by atoms with Crippen LogP contribution in [0, 0.1) is 5.92 Å². The van der Waals surface area contributed by atoms with Crippen LogP contribution in [0.1, 0.15) is 37.9 Å². The fourth-order valence-electron chi connectivity index (χ4n) is 2.83. The van der Waals surface area contributed by atoms with Crippen LogP contribution in [0.25, 0.3) is 0 Å². The second kappa shape index (κ2) is 7.47. The molecule has 0 aromatic heterocycles. The van der Waals surface area contributed by atoms with E-state index in [0.717, 1.165) is 35.9 Å². The van der Waals surface area contributed by atoms with E-state index in [0.29, 0.717) is 23.5 Å². The minimum atomic E-state index is -0.547. The number of ether oxygens (including phenoxy) is 3. The van der Waals surface area contributed by atoms with Crippen LogP contribution in [0.4, 0.5) is 0 Å². The fraction of sp³-hybridized carbons (Fsp3) is 0.625. The topological polar surface area (TPSA) is 47.9 Å². The Hall–Kier alpha value is -0.780. The van der Waals surface area contributed by atoms with Crippen LogP contribution in [0.5, 0.6) is 11.5 Å². The Morgan fingerprint density at radius 2 is 1.90 bits per heavy atom. The highest BCUT2D eigenvalue weighted by Crippen LogP contribution is 2.41. The zero-order valence-electron chi connectivity index (χ0n) is 12.8. The van der Waals surface area contributed by atoms with Crippen LogP contribution in [0.15, 0.2) is 16.6 Å². The van der Waals surface area contributed by atoms with Crippen molar-refractivity contribution in [1.29, 1.82) is 0 Å². The van der Waals surface area contributed by atoms with Gasteiger partial charge in [-0.1, -0.05) is 0 Å². The second-order valence-corrected chi connectivity index (χ2v) is 6.25. The van der Waals surface area contributed by atoms with Gasteiger partial charge in [-0.2, -0.15) is 0 Å². The zero-order chi connectivity index (χ0) is 15.4. The van der Waals surface area contributed by atoms with Crippen molar-refractivity contribution < 1.29 is 19.3 Å². The Morgan fingerprint density at radius 3 is 2.48 bits per heavy atom. The molecule has 1 saturated carbocycles. The molecule has 0 heterocycles. The standard InChI is InChI=1S/C16H23BrO4/c1-4-21-11-5-10(6-11)7-14(18)12-8-16(20-3)13(17)9-15(12)19-2/h8-11,14,18H,4-7H2,1-3H3. The molecule has 2 rings (SSSR count). The van der Waals surface area contributed by atoms with E-state index < -0.39 is 6.10 Å². The molecule has 0 bridgehead atoms. The minimum absolute atomic E-state index is 0.369. The number of hydrogen-bond donors (Lipinski definition) is 1. The molecular weight excluding hydrogens is 336 g/mol. The van der Waals surface area contributed by atoms with E-state index in [1.807, 2.05) is 19.1 Å². The molecule has 1 atom stereocenters. The lowest BCUT2D eigenvalue weighted by molar-refractivity contribution is -0.0381. The first kappa shape index (κ1) is 16.6. The Bertz CT molecular complexity index is 472. The van der Waals surface area contributed by atoms with Crippen LogP contribution in [0.2, 0.25) is 0 Å². The first-order valence-electron chi connectivity index (χ1n) is 7.30. The summed E-state index contributed by atoms with van der Waals surface area (Å²) in [6.45, 7) is 2.78. The molecule has 1 aromatic rings. The Kier molecular flexibility index (Phi) is 5.90. The van der Waals surface area contributed by atoms with Crippen LogP contribution >= 0.6 is 15.9 Å². The molecule has 1 fully saturated rings. The first-order valence-corrected chi connectivity index (χ1v) is 8.09. The third-order valence-corrected chi connectivity index (χ3v) is 4.63. The van der Waals surface area contributed by atoms with Gasteiger partial charge in [0.25, 0.3) is 0 Å². The summed E-state index contributed by atoms with van der Waals surface area (Å²) >= 11 is 3.43. The maximum atomic E-state index is 10.5. The molecule has 1 N–H and O–H groups in total. The van der Waals surface area contributed by atoms with E-state index in [1.165, 1.54) is 0 Å². The van der Waals surface area contributed by atoms with Crippen molar-refractivity contribution >= 4 is 15.9 Å². The van der Waals surface area contributed by atoms with Crippen LogP contribution in [0.3, 0.4) is 0 Å². The molecule has 0 amide bonds. The van der Waals surface area contributed by atoms with Crippen LogP contribution in [-0.4, -0.2) is 32.0 Å². The van der Waals surface area contributed by atoms with Gasteiger partial charge in [-0.05, 0) is 60.2 Å². The van der Waals surface area contributed by atoms with E-state index in [1.54, 1.807) is 14.2 Å². The molecule has 1 aliphatic rings. The van der Waals surface area contributed by atoms with Crippen molar-refractivity contribution in [2.24, 2.45) is 5.92 Å². The molecule has 0 spiro atoms. The Morgan fingerprint density at radius 1 is 1.24 bits per heavy atom. The smallest absolute Gasteiger partial charge is 0.133 e. The molecule has 1 unspecified atom stereocenters. The van der Waals surface area contributed by atoms with Gasteiger partial charge in [0.2, 0.25) is 0 Å². The maximum Gasteiger partial charge on any atom is 0.133 e. The third-order valence-electron chi connectivity index (χ3n) is 4.01. The van der Waals surface area contributed by atoms with Gasteiger partial charge in [0.05, 0.1) is 30.9 Å². The van der Waals surface area contributed by atoms with Gasteiger partial charge in [0.15, 0.2) is 0 Å². The summed E-state index contributed by atoms with van der Waals surface area (Å²) in [6.07, 6.45) is 2.61. The molecule has 1 aromatic carbocycles. The van der Waals surface area contributed by atoms with Crippen molar-refractivity contribution in [3.8, 4) is 11.5 Å². The molecular formula is C16H23BrO4. The van der Waals surface area contributed by atoms with Gasteiger partial charge >= 0.3 is 0 Å². The largest absolute Gasteiger partial charge is 0.496 e. The molecule has 0 radical (unpaired) electrons. The number of aliphatic hydroxyl groups is 1. The Balaban J connectivity index is 2.03. The molecule has 21 heavy (non-hydrogen) atoms. The fourth-order valence-corrected chi connectivity index (χ4v) is 3.31. The summed E-state index contributed by atoms with van der Waals surface area (Å²) in [6, 6.07) is 3.67. The maximum absolute atomic E-state index is 10.5. The quantitative estimate of drug-likeness (QED) is 0.806. The monoisotopic (exact) mass is 358 g/mol. The second-order valence-electron chi connectivity index (χ2n) is 5.39. The van der Waals surface area contributed by atoms with Crippen molar-refractivity contribution in [2.45, 2.75) is 38.4 Å². The molecule has 1 aliphatic carbocycles. The van der Waals surface area contributed by atoms with Gasteiger partial charge in [-0.25, -0.2) is 0 Å². The first-order chi connectivity index (χ1) is 10.1. The lowest BCUT2D eigenvalue weighted by Crippen LogP contribution is -2.32. The summed E-state index contributed by atoms with van der Waals surface area (Å²) in [5.41, 5.74) is 0.775. The lowest BCUT2D eigenvalue weighted by atomic mass is 9.78. The highest BCUT2D eigenvalue weighted by Gasteiger charge is 2.32. The van der Waals surface area contributed by atoms with Gasteiger partial charge in [0, 0.05) is 12.2 Å². The number of rotatable bonds is 7. The number of aliphatic hydroxyl groups excluding tert-OH is 1. The van der Waals surface area contributed by atoms with Gasteiger partial charge in [-0.3, -0.25) is 0 Å². The van der Waals surface area contributed by atoms with Crippen LogP contribution < -0.4 is 9.47 Å². The number of hydrogen-bond acceptors (Lipinski definition) is 4. The average Bonchev–Trinajstić information content (AvgIpc) is 2.44. The molecule has 5 heteroatoms. The van der Waals surface area contributed by atoms with Gasteiger partial charge in [0.1, 0.15) is 11.5 Å². The van der Waals surface area contributed by atoms with Crippen molar-refractivity contribution in [1.82, 2.24) is 0 Å². The predicted octanol–water partition coefficient (Wildman–Crippen LogP) is 3.70. The Labute approximate surface area is 134 Å². The van der Waals surface area contributed by atoms with E-state index >= 15 is 0 Å². The molecule has 0 aliphatic heterocycles. The highest BCUT2D eigenvalue weighted by atomic mass is 79.9. The predicted molar refractivity (Wildman–Crippen MR) is 85.0 cm³/mol. The normalized spacial score (nSPS) is 22.5. The minimum Gasteiger partial charge on any atom is -0.496 e. The average molecular weight is 359 g/mol. The summed E-state index contributed by atoms with van der Waals surface area (Å²) in [7, 11) is 3.22. The third kappa shape index (κ3) is 3.90. The van der Waals surface area contributed by atoms with Crippen molar-refractivity contribution in [3.05, 3.63) is 22.2 Å². The molecule has 0 saturated heterocycles. The van der Waals surface area contributed by atoms with E-state index in [4.69, 9.17) is 14.2 Å². The molecule has 118 valence electrons. The highest BCUT2D eigenvalue weighted by molar-refractivity contribution is 9.10. The lowest BCUT2D eigenvalue weighted by Gasteiger charge is -2.36. The number of methoxy groups -OCH3 is 2. The number of benzene rings is 1. The molecule has 4 nitrogen and oxygen atoms in total. The van der Waals surface area contributed by atoms with E-state index in [2.05, 4.69) is 15.9 Å².